The summed E-state index contributed by atoms with van der Waals surface area (Å²) in [5.74, 6) is -0.647. The quantitative estimate of drug-likeness (QED) is 0.440. The number of hydrogen-bond acceptors (Lipinski definition) is 8. The van der Waals surface area contributed by atoms with E-state index in [2.05, 4.69) is 5.32 Å². The van der Waals surface area contributed by atoms with Gasteiger partial charge in [-0.15, -0.1) is 0 Å². The number of esters is 1. The molecule has 4 rings (SSSR count). The van der Waals surface area contributed by atoms with Crippen molar-refractivity contribution in [1.82, 2.24) is 4.90 Å². The fourth-order valence-corrected chi connectivity index (χ4v) is 4.20. The van der Waals surface area contributed by atoms with Crippen molar-refractivity contribution in [3.05, 3.63) is 57.5 Å². The van der Waals surface area contributed by atoms with E-state index in [4.69, 9.17) is 25.8 Å². The number of thioether (sulfide) groups is 1. The van der Waals surface area contributed by atoms with Gasteiger partial charge >= 0.3 is 5.97 Å². The SMILES string of the molecule is CCCOC(=O)c1cc(NC(=O)CN2C(=O)S/C(=C/c3ccc4c(c3)OCO4)C2=O)ccc1Cl. The van der Waals surface area contributed by atoms with Crippen LogP contribution in [0, 0.1) is 0 Å². The van der Waals surface area contributed by atoms with Crippen LogP contribution in [0.5, 0.6) is 11.5 Å². The summed E-state index contributed by atoms with van der Waals surface area (Å²) < 4.78 is 15.7. The first-order valence-corrected chi connectivity index (χ1v) is 11.5. The van der Waals surface area contributed by atoms with Crippen LogP contribution in [0.15, 0.2) is 41.3 Å². The van der Waals surface area contributed by atoms with Gasteiger partial charge in [-0.2, -0.15) is 0 Å². The molecule has 11 heteroatoms. The zero-order chi connectivity index (χ0) is 24.2. The Hall–Kier alpha value is -3.50. The molecule has 1 saturated heterocycles. The molecule has 34 heavy (non-hydrogen) atoms. The van der Waals surface area contributed by atoms with E-state index in [0.29, 0.717) is 23.5 Å². The van der Waals surface area contributed by atoms with Crippen molar-refractivity contribution in [2.24, 2.45) is 0 Å². The standard InChI is InChI=1S/C23H19ClN2O7S/c1-2-7-31-22(29)15-10-14(4-5-16(15)24)25-20(27)11-26-21(28)19(34-23(26)30)9-13-3-6-17-18(8-13)33-12-32-17/h3-6,8-10H,2,7,11-12H2,1H3,(H,25,27)/b19-9+. The summed E-state index contributed by atoms with van der Waals surface area (Å²) in [5, 5.41) is 2.19. The first-order chi connectivity index (χ1) is 16.4. The summed E-state index contributed by atoms with van der Waals surface area (Å²) in [4.78, 5) is 50.8. The maximum Gasteiger partial charge on any atom is 0.339 e. The highest BCUT2D eigenvalue weighted by Crippen LogP contribution is 2.36. The maximum atomic E-state index is 12.7. The molecule has 2 aromatic rings. The number of carbonyl (C=O) groups is 4. The highest BCUT2D eigenvalue weighted by molar-refractivity contribution is 8.18. The Morgan fingerprint density at radius 3 is 2.76 bits per heavy atom. The van der Waals surface area contributed by atoms with Gasteiger partial charge in [-0.05, 0) is 60.2 Å². The predicted molar refractivity (Wildman–Crippen MR) is 126 cm³/mol. The van der Waals surface area contributed by atoms with Crippen molar-refractivity contribution in [1.29, 1.82) is 0 Å². The Morgan fingerprint density at radius 1 is 1.18 bits per heavy atom. The fraction of sp³-hybridized carbons (Fsp3) is 0.217. The number of hydrogen-bond donors (Lipinski definition) is 1. The third-order valence-corrected chi connectivity index (χ3v) is 6.01. The Balaban J connectivity index is 1.42. The van der Waals surface area contributed by atoms with Crippen LogP contribution in [-0.4, -0.2) is 47.9 Å². The molecule has 0 spiro atoms. The van der Waals surface area contributed by atoms with Crippen molar-refractivity contribution >= 4 is 58.1 Å². The molecule has 0 aromatic heterocycles. The maximum absolute atomic E-state index is 12.7. The minimum atomic E-state index is -0.609. The van der Waals surface area contributed by atoms with Gasteiger partial charge in [0.1, 0.15) is 6.54 Å². The van der Waals surface area contributed by atoms with Crippen molar-refractivity contribution in [3.63, 3.8) is 0 Å². The predicted octanol–water partition coefficient (Wildman–Crippen LogP) is 4.31. The Bertz CT molecular complexity index is 1210. The van der Waals surface area contributed by atoms with Crippen LogP contribution in [0.3, 0.4) is 0 Å². The molecule has 1 fully saturated rings. The molecule has 0 bridgehead atoms. The summed E-state index contributed by atoms with van der Waals surface area (Å²) in [7, 11) is 0. The van der Waals surface area contributed by atoms with Crippen LogP contribution in [-0.2, 0) is 14.3 Å². The highest BCUT2D eigenvalue weighted by atomic mass is 35.5. The second-order valence-electron chi connectivity index (χ2n) is 7.26. The number of amides is 3. The van der Waals surface area contributed by atoms with Gasteiger partial charge in [-0.25, -0.2) is 4.79 Å². The molecular formula is C23H19ClN2O7S. The minimum absolute atomic E-state index is 0.103. The van der Waals surface area contributed by atoms with Gasteiger partial charge in [0.05, 0.1) is 22.1 Å². The van der Waals surface area contributed by atoms with Crippen LogP contribution in [0.2, 0.25) is 5.02 Å². The van der Waals surface area contributed by atoms with E-state index in [1.807, 2.05) is 6.92 Å². The molecule has 0 atom stereocenters. The first kappa shape index (κ1) is 23.7. The van der Waals surface area contributed by atoms with Crippen molar-refractivity contribution in [2.75, 3.05) is 25.3 Å². The Morgan fingerprint density at radius 2 is 1.97 bits per heavy atom. The van der Waals surface area contributed by atoms with E-state index in [-0.39, 0.29) is 34.6 Å². The molecule has 0 saturated carbocycles. The van der Waals surface area contributed by atoms with Crippen molar-refractivity contribution in [2.45, 2.75) is 13.3 Å². The summed E-state index contributed by atoms with van der Waals surface area (Å²) in [6.07, 6.45) is 2.21. The number of ether oxygens (including phenoxy) is 3. The normalized spacial score (nSPS) is 15.7. The number of halogens is 1. The van der Waals surface area contributed by atoms with Gasteiger partial charge in [0, 0.05) is 5.69 Å². The highest BCUT2D eigenvalue weighted by Gasteiger charge is 2.36. The zero-order valence-corrected chi connectivity index (χ0v) is 19.5. The second-order valence-corrected chi connectivity index (χ2v) is 8.66. The molecular weight excluding hydrogens is 484 g/mol. The van der Waals surface area contributed by atoms with Crippen molar-refractivity contribution < 1.29 is 33.4 Å². The van der Waals surface area contributed by atoms with Gasteiger partial charge in [-0.1, -0.05) is 24.6 Å². The zero-order valence-electron chi connectivity index (χ0n) is 18.0. The van der Waals surface area contributed by atoms with Crippen LogP contribution in [0.1, 0.15) is 29.3 Å². The number of fused-ring (bicyclic) bond motifs is 1. The van der Waals surface area contributed by atoms with Crippen LogP contribution in [0.4, 0.5) is 10.5 Å². The lowest BCUT2D eigenvalue weighted by Gasteiger charge is -2.13. The van der Waals surface area contributed by atoms with E-state index in [0.717, 1.165) is 16.7 Å². The lowest BCUT2D eigenvalue weighted by Crippen LogP contribution is -2.36. The molecule has 2 aromatic carbocycles. The summed E-state index contributed by atoms with van der Waals surface area (Å²) in [5.41, 5.74) is 1.04. The van der Waals surface area contributed by atoms with Gasteiger partial charge < -0.3 is 19.5 Å². The Kier molecular flexibility index (Phi) is 7.09. The second kappa shape index (κ2) is 10.2. The van der Waals surface area contributed by atoms with E-state index < -0.39 is 29.6 Å². The number of imide groups is 1. The van der Waals surface area contributed by atoms with E-state index in [9.17, 15) is 19.2 Å². The Labute approximate surface area is 204 Å². The lowest BCUT2D eigenvalue weighted by atomic mass is 10.2. The molecule has 0 unspecified atom stereocenters. The molecule has 0 aliphatic carbocycles. The van der Waals surface area contributed by atoms with Gasteiger partial charge in [0.15, 0.2) is 11.5 Å². The molecule has 2 heterocycles. The molecule has 9 nitrogen and oxygen atoms in total. The topological polar surface area (TPSA) is 111 Å². The van der Waals surface area contributed by atoms with Crippen LogP contribution >= 0.6 is 23.4 Å². The fourth-order valence-electron chi connectivity index (χ4n) is 3.17. The molecule has 1 N–H and O–H groups in total. The van der Waals surface area contributed by atoms with E-state index >= 15 is 0 Å². The first-order valence-electron chi connectivity index (χ1n) is 10.3. The smallest absolute Gasteiger partial charge is 0.339 e. The van der Waals surface area contributed by atoms with Gasteiger partial charge in [0.2, 0.25) is 12.7 Å². The molecule has 176 valence electrons. The number of nitrogens with zero attached hydrogens (tertiary/aromatic N) is 1. The average molecular weight is 503 g/mol. The largest absolute Gasteiger partial charge is 0.462 e. The van der Waals surface area contributed by atoms with Crippen LogP contribution in [0.25, 0.3) is 6.08 Å². The lowest BCUT2D eigenvalue weighted by molar-refractivity contribution is -0.127. The van der Waals surface area contributed by atoms with E-state index in [1.165, 1.54) is 18.2 Å². The van der Waals surface area contributed by atoms with Crippen molar-refractivity contribution in [3.8, 4) is 11.5 Å². The number of rotatable bonds is 7. The van der Waals surface area contributed by atoms with Gasteiger partial charge in [0.25, 0.3) is 11.1 Å². The molecule has 2 aliphatic heterocycles. The molecule has 0 radical (unpaired) electrons. The average Bonchev–Trinajstić information content (AvgIpc) is 3.38. The number of anilines is 1. The van der Waals surface area contributed by atoms with Gasteiger partial charge in [-0.3, -0.25) is 19.3 Å². The third kappa shape index (κ3) is 5.18. The third-order valence-electron chi connectivity index (χ3n) is 4.78. The summed E-state index contributed by atoms with van der Waals surface area (Å²) in [6.45, 7) is 1.74. The van der Waals surface area contributed by atoms with Crippen LogP contribution < -0.4 is 14.8 Å². The molecule has 2 aliphatic rings. The summed E-state index contributed by atoms with van der Waals surface area (Å²) >= 11 is 6.80. The van der Waals surface area contributed by atoms with E-state index in [1.54, 1.807) is 24.3 Å². The number of carbonyl (C=O) groups excluding carboxylic acids is 4. The number of nitrogens with one attached hydrogen (secondary N) is 1. The monoisotopic (exact) mass is 502 g/mol. The molecule has 3 amide bonds. The number of benzene rings is 2. The summed E-state index contributed by atoms with van der Waals surface area (Å²) in [6, 6.07) is 9.48. The minimum Gasteiger partial charge on any atom is -0.462 e.